The number of rotatable bonds is 8. The van der Waals surface area contributed by atoms with Crippen molar-refractivity contribution in [3.8, 4) is 5.75 Å². The molecule has 1 fully saturated rings. The lowest BCUT2D eigenvalue weighted by atomic mass is 10.2. The first-order valence-electron chi connectivity index (χ1n) is 9.77. The lowest BCUT2D eigenvalue weighted by molar-refractivity contribution is 0.274. The highest BCUT2D eigenvalue weighted by Gasteiger charge is 2.11. The van der Waals surface area contributed by atoms with Crippen LogP contribution in [0.1, 0.15) is 25.3 Å². The summed E-state index contributed by atoms with van der Waals surface area (Å²) in [5, 5.41) is 6.78. The molecule has 1 aromatic carbocycles. The predicted octanol–water partition coefficient (Wildman–Crippen LogP) is 2.40. The van der Waals surface area contributed by atoms with Crippen molar-refractivity contribution in [2.24, 2.45) is 4.99 Å². The van der Waals surface area contributed by atoms with Gasteiger partial charge in [-0.25, -0.2) is 4.99 Å². The van der Waals surface area contributed by atoms with Crippen LogP contribution in [0.25, 0.3) is 0 Å². The highest BCUT2D eigenvalue weighted by atomic mass is 127. The maximum atomic E-state index is 5.27. The first-order chi connectivity index (χ1) is 12.7. The number of hydrogen-bond donors (Lipinski definition) is 2. The molecular formula is C20H36IN5O. The Hall–Kier alpha value is -1.06. The van der Waals surface area contributed by atoms with Crippen LogP contribution in [0.3, 0.4) is 0 Å². The lowest BCUT2D eigenvalue weighted by Gasteiger charge is -2.20. The molecule has 2 N–H and O–H groups in total. The number of likely N-dealkylation sites (N-methyl/N-ethyl adjacent to an activating group) is 1. The molecule has 1 saturated heterocycles. The molecule has 0 aromatic heterocycles. The van der Waals surface area contributed by atoms with Gasteiger partial charge in [0.2, 0.25) is 0 Å². The van der Waals surface area contributed by atoms with E-state index in [0.717, 1.165) is 43.3 Å². The minimum absolute atomic E-state index is 0. The molecule has 0 amide bonds. The number of hydrogen-bond acceptors (Lipinski definition) is 4. The summed E-state index contributed by atoms with van der Waals surface area (Å²) in [5.41, 5.74) is 1.15. The molecule has 0 aliphatic carbocycles. The standard InChI is InChI=1S/C20H35N5O.HI/c1-4-21-20(23-17-18-8-5-9-19(16-18)26-3)22-10-6-12-25-13-7-11-24(2)14-15-25;/h5,8-9,16H,4,6-7,10-15,17H2,1-3H3,(H2,21,22,23);1H. The Kier molecular flexibility index (Phi) is 12.4. The molecule has 0 atom stereocenters. The molecule has 2 rings (SSSR count). The van der Waals surface area contributed by atoms with Crippen molar-refractivity contribution in [2.45, 2.75) is 26.3 Å². The van der Waals surface area contributed by atoms with Crippen molar-refractivity contribution in [3.63, 3.8) is 0 Å². The summed E-state index contributed by atoms with van der Waals surface area (Å²) >= 11 is 0. The van der Waals surface area contributed by atoms with E-state index in [1.807, 2.05) is 18.2 Å². The molecule has 0 spiro atoms. The van der Waals surface area contributed by atoms with E-state index in [9.17, 15) is 0 Å². The Labute approximate surface area is 181 Å². The average Bonchev–Trinajstić information content (AvgIpc) is 2.87. The number of aliphatic imine (C=N–C) groups is 1. The van der Waals surface area contributed by atoms with E-state index >= 15 is 0 Å². The third-order valence-electron chi connectivity index (χ3n) is 4.65. The zero-order valence-electron chi connectivity index (χ0n) is 17.0. The fraction of sp³-hybridized carbons (Fsp3) is 0.650. The fourth-order valence-electron chi connectivity index (χ4n) is 3.12. The first kappa shape index (κ1) is 24.0. The molecule has 27 heavy (non-hydrogen) atoms. The van der Waals surface area contributed by atoms with Gasteiger partial charge in [-0.05, 0) is 64.1 Å². The summed E-state index contributed by atoms with van der Waals surface area (Å²) in [4.78, 5) is 9.69. The number of nitrogens with zero attached hydrogens (tertiary/aromatic N) is 3. The molecule has 154 valence electrons. The second-order valence-corrected chi connectivity index (χ2v) is 6.83. The number of benzene rings is 1. The van der Waals surface area contributed by atoms with Crippen molar-refractivity contribution in [1.29, 1.82) is 0 Å². The molecular weight excluding hydrogens is 453 g/mol. The normalized spacial score (nSPS) is 16.3. The van der Waals surface area contributed by atoms with Gasteiger partial charge < -0.3 is 25.2 Å². The van der Waals surface area contributed by atoms with Crippen LogP contribution in [0, 0.1) is 0 Å². The predicted molar refractivity (Wildman–Crippen MR) is 124 cm³/mol. The van der Waals surface area contributed by atoms with Crippen LogP contribution in [0.2, 0.25) is 0 Å². The van der Waals surface area contributed by atoms with Gasteiger partial charge in [0.15, 0.2) is 5.96 Å². The number of ether oxygens (including phenoxy) is 1. The number of halogens is 1. The Morgan fingerprint density at radius 2 is 2.04 bits per heavy atom. The van der Waals surface area contributed by atoms with E-state index in [4.69, 9.17) is 4.74 Å². The largest absolute Gasteiger partial charge is 0.497 e. The van der Waals surface area contributed by atoms with Crippen LogP contribution in [0.4, 0.5) is 0 Å². The minimum Gasteiger partial charge on any atom is -0.497 e. The molecule has 0 saturated carbocycles. The second-order valence-electron chi connectivity index (χ2n) is 6.83. The Bertz CT molecular complexity index is 555. The Morgan fingerprint density at radius 1 is 1.19 bits per heavy atom. The van der Waals surface area contributed by atoms with Crippen LogP contribution < -0.4 is 15.4 Å². The van der Waals surface area contributed by atoms with Crippen LogP contribution in [-0.2, 0) is 6.54 Å². The van der Waals surface area contributed by atoms with E-state index in [1.165, 1.54) is 32.6 Å². The Balaban J connectivity index is 0.00000364. The van der Waals surface area contributed by atoms with Crippen LogP contribution in [0.5, 0.6) is 5.75 Å². The Morgan fingerprint density at radius 3 is 2.81 bits per heavy atom. The number of methoxy groups -OCH3 is 1. The van der Waals surface area contributed by atoms with Gasteiger partial charge >= 0.3 is 0 Å². The smallest absolute Gasteiger partial charge is 0.191 e. The van der Waals surface area contributed by atoms with Crippen LogP contribution in [-0.4, -0.2) is 75.7 Å². The zero-order valence-corrected chi connectivity index (χ0v) is 19.4. The summed E-state index contributed by atoms with van der Waals surface area (Å²) in [6.45, 7) is 10.5. The molecule has 1 aliphatic rings. The maximum absolute atomic E-state index is 5.27. The maximum Gasteiger partial charge on any atom is 0.191 e. The summed E-state index contributed by atoms with van der Waals surface area (Å²) in [5.74, 6) is 1.75. The third kappa shape index (κ3) is 9.62. The minimum atomic E-state index is 0. The molecule has 6 nitrogen and oxygen atoms in total. The van der Waals surface area contributed by atoms with Crippen molar-refractivity contribution in [3.05, 3.63) is 29.8 Å². The SMILES string of the molecule is CCNC(=NCc1cccc(OC)c1)NCCCN1CCCN(C)CC1.I. The van der Waals surface area contributed by atoms with E-state index in [-0.39, 0.29) is 24.0 Å². The zero-order chi connectivity index (χ0) is 18.6. The molecule has 1 aliphatic heterocycles. The summed E-state index contributed by atoms with van der Waals surface area (Å²) in [6, 6.07) is 8.06. The van der Waals surface area contributed by atoms with Gasteiger partial charge in [0.05, 0.1) is 13.7 Å². The summed E-state index contributed by atoms with van der Waals surface area (Å²) in [7, 11) is 3.91. The van der Waals surface area contributed by atoms with Gasteiger partial charge in [0.25, 0.3) is 0 Å². The molecule has 0 radical (unpaired) electrons. The molecule has 7 heteroatoms. The van der Waals surface area contributed by atoms with Crippen molar-refractivity contribution < 1.29 is 4.74 Å². The van der Waals surface area contributed by atoms with E-state index in [0.29, 0.717) is 6.54 Å². The van der Waals surface area contributed by atoms with Crippen molar-refractivity contribution in [2.75, 3.05) is 60.0 Å². The highest BCUT2D eigenvalue weighted by molar-refractivity contribution is 14.0. The molecule has 0 unspecified atom stereocenters. The quantitative estimate of drug-likeness (QED) is 0.254. The topological polar surface area (TPSA) is 52.1 Å². The third-order valence-corrected chi connectivity index (χ3v) is 4.65. The monoisotopic (exact) mass is 489 g/mol. The molecule has 1 aromatic rings. The van der Waals surface area contributed by atoms with Crippen LogP contribution >= 0.6 is 24.0 Å². The number of nitrogens with one attached hydrogen (secondary N) is 2. The van der Waals surface area contributed by atoms with Crippen molar-refractivity contribution in [1.82, 2.24) is 20.4 Å². The average molecular weight is 489 g/mol. The van der Waals surface area contributed by atoms with E-state index < -0.39 is 0 Å². The summed E-state index contributed by atoms with van der Waals surface area (Å²) in [6.07, 6.45) is 2.40. The van der Waals surface area contributed by atoms with Gasteiger partial charge in [-0.1, -0.05) is 12.1 Å². The lowest BCUT2D eigenvalue weighted by Crippen LogP contribution is -2.39. The second kappa shape index (κ2) is 14.0. The van der Waals surface area contributed by atoms with Gasteiger partial charge in [-0.15, -0.1) is 24.0 Å². The fourth-order valence-corrected chi connectivity index (χ4v) is 3.12. The van der Waals surface area contributed by atoms with E-state index in [1.54, 1.807) is 7.11 Å². The van der Waals surface area contributed by atoms with Crippen LogP contribution in [0.15, 0.2) is 29.3 Å². The van der Waals surface area contributed by atoms with Gasteiger partial charge in [0.1, 0.15) is 5.75 Å². The molecule has 0 bridgehead atoms. The van der Waals surface area contributed by atoms with Gasteiger partial charge in [-0.2, -0.15) is 0 Å². The summed E-state index contributed by atoms with van der Waals surface area (Å²) < 4.78 is 5.27. The molecule has 1 heterocycles. The van der Waals surface area contributed by atoms with Gasteiger partial charge in [-0.3, -0.25) is 0 Å². The highest BCUT2D eigenvalue weighted by Crippen LogP contribution is 2.13. The van der Waals surface area contributed by atoms with E-state index in [2.05, 4.69) is 45.5 Å². The first-order valence-corrected chi connectivity index (χ1v) is 9.77. The van der Waals surface area contributed by atoms with Crippen molar-refractivity contribution >= 4 is 29.9 Å². The van der Waals surface area contributed by atoms with Gasteiger partial charge in [0, 0.05) is 26.2 Å². The number of guanidine groups is 1.